The average Bonchev–Trinajstić information content (AvgIpc) is 2.43. The quantitative estimate of drug-likeness (QED) is 0.749. The van der Waals surface area contributed by atoms with Crippen molar-refractivity contribution >= 4 is 12.0 Å². The van der Waals surface area contributed by atoms with Crippen LogP contribution in [0.5, 0.6) is 0 Å². The Morgan fingerprint density at radius 2 is 1.95 bits per heavy atom. The molecule has 0 aromatic carbocycles. The van der Waals surface area contributed by atoms with E-state index in [1.54, 1.807) is 4.90 Å². The zero-order chi connectivity index (χ0) is 15.8. The van der Waals surface area contributed by atoms with Gasteiger partial charge in [-0.05, 0) is 39.3 Å². The summed E-state index contributed by atoms with van der Waals surface area (Å²) < 4.78 is 0. The summed E-state index contributed by atoms with van der Waals surface area (Å²) in [5.41, 5.74) is 0. The van der Waals surface area contributed by atoms with E-state index in [-0.39, 0.29) is 6.03 Å². The minimum absolute atomic E-state index is 0.234. The van der Waals surface area contributed by atoms with Gasteiger partial charge < -0.3 is 20.2 Å². The summed E-state index contributed by atoms with van der Waals surface area (Å²) in [5, 5.41) is 11.8. The lowest BCUT2D eigenvalue weighted by molar-refractivity contribution is -0.139. The first kappa shape index (κ1) is 17.8. The zero-order valence-corrected chi connectivity index (χ0v) is 13.5. The Kier molecular flexibility index (Phi) is 7.50. The molecule has 1 atom stereocenters. The van der Waals surface area contributed by atoms with Crippen molar-refractivity contribution in [2.45, 2.75) is 45.1 Å². The van der Waals surface area contributed by atoms with E-state index in [1.165, 1.54) is 0 Å². The van der Waals surface area contributed by atoms with Gasteiger partial charge in [0, 0.05) is 19.6 Å². The van der Waals surface area contributed by atoms with E-state index in [2.05, 4.69) is 24.3 Å². The fraction of sp³-hybridized carbons (Fsp3) is 0.867. The number of nitrogens with zero attached hydrogens (tertiary/aromatic N) is 2. The Labute approximate surface area is 127 Å². The molecule has 0 saturated carbocycles. The Hall–Kier alpha value is -1.30. The van der Waals surface area contributed by atoms with E-state index in [0.717, 1.165) is 32.2 Å². The molecule has 0 aliphatic carbocycles. The molecular weight excluding hydrogens is 270 g/mol. The number of nitrogens with one attached hydrogen (secondary N) is 1. The number of likely N-dealkylation sites (tertiary alicyclic amines) is 1. The van der Waals surface area contributed by atoms with Crippen LogP contribution >= 0.6 is 0 Å². The smallest absolute Gasteiger partial charge is 0.326 e. The highest BCUT2D eigenvalue weighted by molar-refractivity contribution is 5.82. The molecule has 1 aliphatic rings. The third-order valence-electron chi connectivity index (χ3n) is 3.97. The van der Waals surface area contributed by atoms with E-state index < -0.39 is 12.0 Å². The maximum atomic E-state index is 12.1. The number of rotatable bonds is 7. The van der Waals surface area contributed by atoms with Crippen molar-refractivity contribution < 1.29 is 14.7 Å². The highest BCUT2D eigenvalue weighted by atomic mass is 16.4. The molecule has 1 fully saturated rings. The third kappa shape index (κ3) is 6.33. The standard InChI is InChI=1S/C15H29N3O3/c1-4-5-6-13(14(19)20)16-15(21)18-9-7-12(8-10-18)11-17(2)3/h12-13H,4-11H2,1-3H3,(H,16,21)(H,19,20)/t13-/m0/s1. The highest BCUT2D eigenvalue weighted by Gasteiger charge is 2.26. The van der Waals surface area contributed by atoms with Crippen LogP contribution in [-0.4, -0.2) is 66.7 Å². The summed E-state index contributed by atoms with van der Waals surface area (Å²) in [6.07, 6.45) is 4.20. The van der Waals surface area contributed by atoms with Gasteiger partial charge in [0.05, 0.1) is 0 Å². The minimum atomic E-state index is -0.945. The molecule has 1 aliphatic heterocycles. The van der Waals surface area contributed by atoms with Crippen molar-refractivity contribution in [3.63, 3.8) is 0 Å². The largest absolute Gasteiger partial charge is 0.480 e. The van der Waals surface area contributed by atoms with Crippen molar-refractivity contribution in [2.24, 2.45) is 5.92 Å². The first-order valence-electron chi connectivity index (χ1n) is 7.87. The molecule has 0 bridgehead atoms. The maximum absolute atomic E-state index is 12.1. The van der Waals surface area contributed by atoms with Gasteiger partial charge in [0.25, 0.3) is 0 Å². The molecule has 0 unspecified atom stereocenters. The van der Waals surface area contributed by atoms with Gasteiger partial charge in [0.15, 0.2) is 0 Å². The second kappa shape index (κ2) is 8.87. The Morgan fingerprint density at radius 1 is 1.33 bits per heavy atom. The first-order valence-corrected chi connectivity index (χ1v) is 7.87. The van der Waals surface area contributed by atoms with E-state index in [4.69, 9.17) is 5.11 Å². The molecule has 1 saturated heterocycles. The SMILES string of the molecule is CCCC[C@H](NC(=O)N1CCC(CN(C)C)CC1)C(=O)O. The third-order valence-corrected chi connectivity index (χ3v) is 3.97. The number of unbranched alkanes of at least 4 members (excludes halogenated alkanes) is 1. The minimum Gasteiger partial charge on any atom is -0.480 e. The molecule has 21 heavy (non-hydrogen) atoms. The number of urea groups is 1. The van der Waals surface area contributed by atoms with Crippen LogP contribution in [0.15, 0.2) is 0 Å². The average molecular weight is 299 g/mol. The van der Waals surface area contributed by atoms with Gasteiger partial charge in [-0.25, -0.2) is 9.59 Å². The van der Waals surface area contributed by atoms with Gasteiger partial charge in [-0.15, -0.1) is 0 Å². The Balaban J connectivity index is 2.40. The molecule has 6 nitrogen and oxygen atoms in total. The van der Waals surface area contributed by atoms with Gasteiger partial charge in [-0.3, -0.25) is 0 Å². The lowest BCUT2D eigenvalue weighted by Crippen LogP contribution is -2.50. The van der Waals surface area contributed by atoms with Gasteiger partial charge >= 0.3 is 12.0 Å². The summed E-state index contributed by atoms with van der Waals surface area (Å²) in [6, 6.07) is -1.00. The molecule has 0 aromatic rings. The fourth-order valence-corrected chi connectivity index (χ4v) is 2.74. The summed E-state index contributed by atoms with van der Waals surface area (Å²) in [7, 11) is 4.12. The maximum Gasteiger partial charge on any atom is 0.326 e. The van der Waals surface area contributed by atoms with E-state index in [1.807, 2.05) is 6.92 Å². The van der Waals surface area contributed by atoms with Gasteiger partial charge in [0.1, 0.15) is 6.04 Å². The van der Waals surface area contributed by atoms with E-state index >= 15 is 0 Å². The molecule has 0 aromatic heterocycles. The summed E-state index contributed by atoms with van der Waals surface area (Å²) in [6.45, 7) is 4.48. The predicted molar refractivity (Wildman–Crippen MR) is 82.3 cm³/mol. The van der Waals surface area contributed by atoms with Crippen LogP contribution in [0.4, 0.5) is 4.79 Å². The molecule has 1 rings (SSSR count). The van der Waals surface area contributed by atoms with Gasteiger partial charge in [0.2, 0.25) is 0 Å². The lowest BCUT2D eigenvalue weighted by atomic mass is 9.96. The number of carbonyl (C=O) groups excluding carboxylic acids is 1. The van der Waals surface area contributed by atoms with Crippen molar-refractivity contribution in [1.82, 2.24) is 15.1 Å². The van der Waals surface area contributed by atoms with E-state index in [0.29, 0.717) is 25.4 Å². The molecule has 1 heterocycles. The molecule has 2 N–H and O–H groups in total. The van der Waals surface area contributed by atoms with Crippen LogP contribution in [0.3, 0.4) is 0 Å². The van der Waals surface area contributed by atoms with Crippen LogP contribution in [0.25, 0.3) is 0 Å². The summed E-state index contributed by atoms with van der Waals surface area (Å²) in [5.74, 6) is -0.321. The number of hydrogen-bond acceptors (Lipinski definition) is 3. The number of amides is 2. The van der Waals surface area contributed by atoms with Crippen molar-refractivity contribution in [3.05, 3.63) is 0 Å². The highest BCUT2D eigenvalue weighted by Crippen LogP contribution is 2.18. The Morgan fingerprint density at radius 3 is 2.43 bits per heavy atom. The van der Waals surface area contributed by atoms with E-state index in [9.17, 15) is 9.59 Å². The monoisotopic (exact) mass is 299 g/mol. The number of carboxylic acid groups (broad SMARTS) is 1. The van der Waals surface area contributed by atoms with Crippen molar-refractivity contribution in [3.8, 4) is 0 Å². The van der Waals surface area contributed by atoms with Crippen LogP contribution in [-0.2, 0) is 4.79 Å². The number of carboxylic acids is 1. The second-order valence-electron chi connectivity index (χ2n) is 6.18. The molecule has 0 spiro atoms. The van der Waals surface area contributed by atoms with Gasteiger partial charge in [-0.1, -0.05) is 19.8 Å². The van der Waals surface area contributed by atoms with Crippen LogP contribution in [0, 0.1) is 5.92 Å². The summed E-state index contributed by atoms with van der Waals surface area (Å²) in [4.78, 5) is 27.2. The molecule has 6 heteroatoms. The van der Waals surface area contributed by atoms with Crippen molar-refractivity contribution in [2.75, 3.05) is 33.7 Å². The molecular formula is C15H29N3O3. The van der Waals surface area contributed by atoms with Crippen LogP contribution < -0.4 is 5.32 Å². The first-order chi connectivity index (χ1) is 9.93. The Bertz CT molecular complexity index is 339. The number of aliphatic carboxylic acids is 1. The topological polar surface area (TPSA) is 72.9 Å². The lowest BCUT2D eigenvalue weighted by Gasteiger charge is -2.33. The molecule has 122 valence electrons. The van der Waals surface area contributed by atoms with Crippen LogP contribution in [0.2, 0.25) is 0 Å². The number of hydrogen-bond donors (Lipinski definition) is 2. The number of carbonyl (C=O) groups is 2. The van der Waals surface area contributed by atoms with Crippen molar-refractivity contribution in [1.29, 1.82) is 0 Å². The second-order valence-corrected chi connectivity index (χ2v) is 6.18. The van der Waals surface area contributed by atoms with Gasteiger partial charge in [-0.2, -0.15) is 0 Å². The molecule has 0 radical (unpaired) electrons. The van der Waals surface area contributed by atoms with Crippen LogP contribution in [0.1, 0.15) is 39.0 Å². The number of piperidine rings is 1. The summed E-state index contributed by atoms with van der Waals surface area (Å²) >= 11 is 0. The zero-order valence-electron chi connectivity index (χ0n) is 13.5. The fourth-order valence-electron chi connectivity index (χ4n) is 2.74. The molecule has 2 amide bonds. The predicted octanol–water partition coefficient (Wildman–Crippen LogP) is 1.61. The normalized spacial score (nSPS) is 17.8.